The van der Waals surface area contributed by atoms with Gasteiger partial charge in [-0.05, 0) is 50.2 Å². The van der Waals surface area contributed by atoms with E-state index in [1.807, 2.05) is 48.2 Å². The van der Waals surface area contributed by atoms with Crippen molar-refractivity contribution in [3.8, 4) is 0 Å². The molecule has 0 atom stereocenters. The number of urea groups is 1. The van der Waals surface area contributed by atoms with E-state index in [-0.39, 0.29) is 6.03 Å². The molecule has 5 heteroatoms. The molecular formula is C22H30N4O. The minimum atomic E-state index is -0.0585. The van der Waals surface area contributed by atoms with Crippen LogP contribution in [0.2, 0.25) is 0 Å². The van der Waals surface area contributed by atoms with Crippen LogP contribution >= 0.6 is 0 Å². The van der Waals surface area contributed by atoms with Crippen molar-refractivity contribution in [3.05, 3.63) is 59.7 Å². The van der Waals surface area contributed by atoms with Crippen molar-refractivity contribution >= 4 is 17.4 Å². The molecule has 0 spiro atoms. The lowest BCUT2D eigenvalue weighted by Crippen LogP contribution is -2.44. The average Bonchev–Trinajstić information content (AvgIpc) is 2.69. The highest BCUT2D eigenvalue weighted by Gasteiger charge is 2.16. The van der Waals surface area contributed by atoms with Crippen LogP contribution in [0.4, 0.5) is 16.2 Å². The minimum Gasteiger partial charge on any atom is -0.369 e. The third kappa shape index (κ3) is 5.01. The number of nitrogens with zero attached hydrogens (tertiary/aromatic N) is 3. The van der Waals surface area contributed by atoms with Crippen molar-refractivity contribution in [3.63, 3.8) is 0 Å². The molecule has 0 radical (unpaired) electrons. The second-order valence-electron chi connectivity index (χ2n) is 7.22. The van der Waals surface area contributed by atoms with Gasteiger partial charge in [-0.15, -0.1) is 0 Å². The van der Waals surface area contributed by atoms with Gasteiger partial charge < -0.3 is 20.0 Å². The molecule has 0 unspecified atom stereocenters. The maximum Gasteiger partial charge on any atom is 0.322 e. The first-order valence-electron chi connectivity index (χ1n) is 9.71. The highest BCUT2D eigenvalue weighted by Crippen LogP contribution is 2.24. The third-order valence-electron chi connectivity index (χ3n) is 5.21. The van der Waals surface area contributed by atoms with Crippen molar-refractivity contribution < 1.29 is 4.79 Å². The fourth-order valence-corrected chi connectivity index (χ4v) is 3.37. The van der Waals surface area contributed by atoms with E-state index in [1.165, 1.54) is 5.69 Å². The molecule has 1 fully saturated rings. The zero-order chi connectivity index (χ0) is 19.2. The number of carbonyl (C=O) groups is 1. The summed E-state index contributed by atoms with van der Waals surface area (Å²) in [5.74, 6) is 0. The van der Waals surface area contributed by atoms with E-state index in [0.717, 1.165) is 43.0 Å². The van der Waals surface area contributed by atoms with Gasteiger partial charge in [0.1, 0.15) is 0 Å². The number of nitrogens with one attached hydrogen (secondary N) is 1. The Bertz CT molecular complexity index is 754. The largest absolute Gasteiger partial charge is 0.369 e. The Labute approximate surface area is 162 Å². The minimum absolute atomic E-state index is 0.0585. The first kappa shape index (κ1) is 19.2. The van der Waals surface area contributed by atoms with E-state index in [1.54, 1.807) is 0 Å². The highest BCUT2D eigenvalue weighted by molar-refractivity contribution is 5.90. The van der Waals surface area contributed by atoms with E-state index in [0.29, 0.717) is 13.1 Å². The second kappa shape index (κ2) is 8.91. The van der Waals surface area contributed by atoms with Gasteiger partial charge in [0.2, 0.25) is 0 Å². The topological polar surface area (TPSA) is 38.8 Å². The number of piperazine rings is 1. The molecule has 27 heavy (non-hydrogen) atoms. The molecule has 1 N–H and O–H groups in total. The highest BCUT2D eigenvalue weighted by atomic mass is 16.2. The maximum absolute atomic E-state index is 12.7. The van der Waals surface area contributed by atoms with Gasteiger partial charge in [-0.25, -0.2) is 4.79 Å². The van der Waals surface area contributed by atoms with Gasteiger partial charge in [-0.2, -0.15) is 0 Å². The summed E-state index contributed by atoms with van der Waals surface area (Å²) in [7, 11) is 2.16. The number of anilines is 2. The number of hydrogen-bond donors (Lipinski definition) is 1. The first-order valence-corrected chi connectivity index (χ1v) is 9.71. The Morgan fingerprint density at radius 1 is 1.07 bits per heavy atom. The van der Waals surface area contributed by atoms with Crippen molar-refractivity contribution in [2.45, 2.75) is 20.4 Å². The van der Waals surface area contributed by atoms with Crippen LogP contribution in [0.5, 0.6) is 0 Å². The molecule has 2 aromatic rings. The van der Waals surface area contributed by atoms with Crippen LogP contribution in [0.25, 0.3) is 0 Å². The first-order chi connectivity index (χ1) is 13.1. The monoisotopic (exact) mass is 366 g/mol. The van der Waals surface area contributed by atoms with Gasteiger partial charge in [0.05, 0.1) is 0 Å². The lowest BCUT2D eigenvalue weighted by molar-refractivity contribution is 0.212. The van der Waals surface area contributed by atoms with Crippen molar-refractivity contribution in [1.29, 1.82) is 0 Å². The van der Waals surface area contributed by atoms with E-state index >= 15 is 0 Å². The molecule has 0 aromatic heterocycles. The van der Waals surface area contributed by atoms with Gasteiger partial charge in [0.25, 0.3) is 0 Å². The van der Waals surface area contributed by atoms with Crippen LogP contribution in [0.3, 0.4) is 0 Å². The summed E-state index contributed by atoms with van der Waals surface area (Å²) in [6.45, 7) is 9.60. The summed E-state index contributed by atoms with van der Waals surface area (Å²) in [6, 6.07) is 16.3. The molecule has 1 heterocycles. The summed E-state index contributed by atoms with van der Waals surface area (Å²) in [5, 5.41) is 3.08. The van der Waals surface area contributed by atoms with Crippen molar-refractivity contribution in [2.75, 3.05) is 50.0 Å². The summed E-state index contributed by atoms with van der Waals surface area (Å²) < 4.78 is 0. The zero-order valence-corrected chi connectivity index (χ0v) is 16.6. The standard InChI is InChI=1S/C22H30N4O/c1-4-25(17-19-8-6-5-7-9-19)22(27)23-21-11-10-20(16-18(21)2)26-14-12-24(3)13-15-26/h5-11,16H,4,12-15,17H2,1-3H3,(H,23,27). The van der Waals surface area contributed by atoms with Crippen molar-refractivity contribution in [2.24, 2.45) is 0 Å². The number of benzene rings is 2. The number of likely N-dealkylation sites (N-methyl/N-ethyl adjacent to an activating group) is 1. The number of hydrogen-bond acceptors (Lipinski definition) is 3. The molecule has 1 aliphatic rings. The van der Waals surface area contributed by atoms with E-state index in [9.17, 15) is 4.79 Å². The van der Waals surface area contributed by atoms with E-state index < -0.39 is 0 Å². The van der Waals surface area contributed by atoms with Crippen LogP contribution in [-0.2, 0) is 6.54 Å². The normalized spacial score (nSPS) is 14.9. The molecule has 5 nitrogen and oxygen atoms in total. The number of aryl methyl sites for hydroxylation is 1. The summed E-state index contributed by atoms with van der Waals surface area (Å²) in [4.78, 5) is 19.3. The van der Waals surface area contributed by atoms with Crippen LogP contribution in [-0.4, -0.2) is 55.6 Å². The smallest absolute Gasteiger partial charge is 0.322 e. The summed E-state index contributed by atoms with van der Waals surface area (Å²) in [6.07, 6.45) is 0. The molecule has 3 rings (SSSR count). The Kier molecular flexibility index (Phi) is 6.35. The number of carbonyl (C=O) groups excluding carboxylic acids is 1. The maximum atomic E-state index is 12.7. The van der Waals surface area contributed by atoms with Gasteiger partial charge in [-0.3, -0.25) is 0 Å². The Balaban J connectivity index is 1.64. The number of rotatable bonds is 5. The second-order valence-corrected chi connectivity index (χ2v) is 7.22. The lowest BCUT2D eigenvalue weighted by Gasteiger charge is -2.34. The van der Waals surface area contributed by atoms with Crippen LogP contribution in [0.15, 0.2) is 48.5 Å². The van der Waals surface area contributed by atoms with Gasteiger partial charge >= 0.3 is 6.03 Å². The van der Waals surface area contributed by atoms with Crippen LogP contribution < -0.4 is 10.2 Å². The molecule has 144 valence electrons. The summed E-state index contributed by atoms with van der Waals surface area (Å²) in [5.41, 5.74) is 4.34. The molecule has 0 saturated carbocycles. The Hall–Kier alpha value is -2.53. The fourth-order valence-electron chi connectivity index (χ4n) is 3.37. The Morgan fingerprint density at radius 2 is 1.78 bits per heavy atom. The predicted octanol–water partition coefficient (Wildman–Crippen LogP) is 3.80. The predicted molar refractivity (Wildman–Crippen MR) is 112 cm³/mol. The van der Waals surface area contributed by atoms with E-state index in [4.69, 9.17) is 0 Å². The Morgan fingerprint density at radius 3 is 2.41 bits per heavy atom. The fraction of sp³-hybridized carbons (Fsp3) is 0.409. The lowest BCUT2D eigenvalue weighted by atomic mass is 10.1. The van der Waals surface area contributed by atoms with E-state index in [2.05, 4.69) is 41.2 Å². The van der Waals surface area contributed by atoms with Crippen LogP contribution in [0, 0.1) is 6.92 Å². The molecule has 1 aliphatic heterocycles. The van der Waals surface area contributed by atoms with Gasteiger partial charge in [-0.1, -0.05) is 30.3 Å². The van der Waals surface area contributed by atoms with Crippen molar-refractivity contribution in [1.82, 2.24) is 9.80 Å². The molecule has 2 aromatic carbocycles. The molecule has 0 aliphatic carbocycles. The molecular weight excluding hydrogens is 336 g/mol. The molecule has 1 saturated heterocycles. The number of amides is 2. The summed E-state index contributed by atoms with van der Waals surface area (Å²) >= 11 is 0. The zero-order valence-electron chi connectivity index (χ0n) is 16.6. The van der Waals surface area contributed by atoms with Gasteiger partial charge in [0, 0.05) is 50.6 Å². The molecule has 2 amide bonds. The van der Waals surface area contributed by atoms with Gasteiger partial charge in [0.15, 0.2) is 0 Å². The average molecular weight is 367 g/mol. The SMILES string of the molecule is CCN(Cc1ccccc1)C(=O)Nc1ccc(N2CCN(C)CC2)cc1C. The quantitative estimate of drug-likeness (QED) is 0.875. The third-order valence-corrected chi connectivity index (χ3v) is 5.21. The van der Waals surface area contributed by atoms with Crippen LogP contribution in [0.1, 0.15) is 18.1 Å². The molecule has 0 bridgehead atoms.